The summed E-state index contributed by atoms with van der Waals surface area (Å²) in [6.07, 6.45) is 9.40. The van der Waals surface area contributed by atoms with Crippen molar-refractivity contribution >= 4 is 5.91 Å². The van der Waals surface area contributed by atoms with Gasteiger partial charge in [-0.3, -0.25) is 4.79 Å². The first-order valence-corrected chi connectivity index (χ1v) is 10.1. The van der Waals surface area contributed by atoms with Gasteiger partial charge in [0.15, 0.2) is 5.60 Å². The van der Waals surface area contributed by atoms with E-state index in [1.54, 1.807) is 4.90 Å². The van der Waals surface area contributed by atoms with Crippen molar-refractivity contribution in [2.45, 2.75) is 50.8 Å². The molecule has 1 aliphatic heterocycles. The Kier molecular flexibility index (Phi) is 6.10. The number of rotatable bonds is 7. The van der Waals surface area contributed by atoms with Gasteiger partial charge in [0.1, 0.15) is 0 Å². The predicted octanol–water partition coefficient (Wildman–Crippen LogP) is 2.98. The van der Waals surface area contributed by atoms with Crippen molar-refractivity contribution in [3.8, 4) is 0 Å². The van der Waals surface area contributed by atoms with Gasteiger partial charge in [0, 0.05) is 45.5 Å². The van der Waals surface area contributed by atoms with Crippen LogP contribution in [0, 0.1) is 5.92 Å². The van der Waals surface area contributed by atoms with Crippen LogP contribution in [-0.4, -0.2) is 59.1 Å². The van der Waals surface area contributed by atoms with Gasteiger partial charge in [0.25, 0.3) is 5.91 Å². The van der Waals surface area contributed by atoms with Crippen molar-refractivity contribution in [1.82, 2.24) is 14.7 Å². The van der Waals surface area contributed by atoms with Crippen molar-refractivity contribution in [3.63, 3.8) is 0 Å². The Hall–Kier alpha value is -2.01. The quantitative estimate of drug-likeness (QED) is 0.800. The second-order valence-electron chi connectivity index (χ2n) is 8.03. The minimum Gasteiger partial charge on any atom is -0.375 e. The van der Waals surface area contributed by atoms with Crippen LogP contribution in [0.3, 0.4) is 0 Å². The summed E-state index contributed by atoms with van der Waals surface area (Å²) in [7, 11) is 3.89. The fourth-order valence-electron chi connectivity index (χ4n) is 4.39. The Labute approximate surface area is 163 Å². The smallest absolute Gasteiger partial charge is 0.259 e. The van der Waals surface area contributed by atoms with E-state index in [9.17, 15) is 9.90 Å². The number of hydrogen-bond acceptors (Lipinski definition) is 4. The van der Waals surface area contributed by atoms with Gasteiger partial charge in [0.2, 0.25) is 0 Å². The third-order valence-electron chi connectivity index (χ3n) is 6.31. The first kappa shape index (κ1) is 19.7. The van der Waals surface area contributed by atoms with E-state index in [0.29, 0.717) is 12.7 Å². The number of hydrogen-bond donors (Lipinski definition) is 1. The highest BCUT2D eigenvalue weighted by atomic mass is 16.3. The molecule has 5 heteroatoms. The van der Waals surface area contributed by atoms with Gasteiger partial charge in [-0.2, -0.15) is 0 Å². The van der Waals surface area contributed by atoms with Crippen LogP contribution in [0.2, 0.25) is 0 Å². The normalized spacial score (nSPS) is 22.3. The topological polar surface area (TPSA) is 47.0 Å². The summed E-state index contributed by atoms with van der Waals surface area (Å²) in [5.41, 5.74) is -0.681. The van der Waals surface area contributed by atoms with Gasteiger partial charge >= 0.3 is 0 Å². The first-order chi connectivity index (χ1) is 12.9. The van der Waals surface area contributed by atoms with Crippen molar-refractivity contribution in [1.29, 1.82) is 0 Å². The lowest BCUT2D eigenvalue weighted by molar-refractivity contribution is -0.158. The molecule has 1 aromatic rings. The summed E-state index contributed by atoms with van der Waals surface area (Å²) < 4.78 is 0. The fraction of sp³-hybridized carbons (Fsp3) is 0.591. The molecule has 0 bridgehead atoms. The minimum absolute atomic E-state index is 0.00466. The number of likely N-dealkylation sites (N-methyl/N-ethyl adjacent to an activating group) is 1. The van der Waals surface area contributed by atoms with E-state index in [0.717, 1.165) is 44.2 Å². The first-order valence-electron chi connectivity index (χ1n) is 10.1. The average Bonchev–Trinajstić information content (AvgIpc) is 3.33. The zero-order valence-electron chi connectivity index (χ0n) is 16.8. The Morgan fingerprint density at radius 2 is 1.89 bits per heavy atom. The Balaban J connectivity index is 1.66. The average molecular weight is 372 g/mol. The molecular weight excluding hydrogens is 338 g/mol. The molecule has 0 radical (unpaired) electrons. The molecule has 0 saturated heterocycles. The van der Waals surface area contributed by atoms with E-state index in [1.807, 2.05) is 37.4 Å². The zero-order valence-corrected chi connectivity index (χ0v) is 16.8. The molecule has 2 aliphatic rings. The summed E-state index contributed by atoms with van der Waals surface area (Å²) in [6, 6.07) is 9.50. The molecule has 2 atom stereocenters. The Bertz CT molecular complexity index is 657. The molecule has 1 aromatic carbocycles. The third kappa shape index (κ3) is 3.98. The van der Waals surface area contributed by atoms with Gasteiger partial charge in [-0.25, -0.2) is 0 Å². The number of amides is 1. The molecular formula is C22H33N3O2. The van der Waals surface area contributed by atoms with Crippen LogP contribution in [0.25, 0.3) is 0 Å². The standard InChI is InChI=1S/C22H33N3O2/c1-18-23(2)16-17-25(18)15-9-14-24(3)21(26)22(27,20-12-7-8-13-20)19-10-5-4-6-11-19/h4-6,10-11,16-18,20,27H,7-9,12-15H2,1-3H3. The monoisotopic (exact) mass is 371 g/mol. The van der Waals surface area contributed by atoms with Crippen molar-refractivity contribution in [2.75, 3.05) is 27.2 Å². The molecule has 27 heavy (non-hydrogen) atoms. The van der Waals surface area contributed by atoms with E-state index in [1.165, 1.54) is 0 Å². The van der Waals surface area contributed by atoms with Gasteiger partial charge in [-0.15, -0.1) is 0 Å². The molecule has 0 aromatic heterocycles. The van der Waals surface area contributed by atoms with Crippen LogP contribution < -0.4 is 0 Å². The second-order valence-corrected chi connectivity index (χ2v) is 8.03. The highest BCUT2D eigenvalue weighted by molar-refractivity contribution is 5.86. The maximum absolute atomic E-state index is 13.3. The molecule has 1 heterocycles. The van der Waals surface area contributed by atoms with Crippen molar-refractivity contribution < 1.29 is 9.90 Å². The molecule has 3 rings (SSSR count). The Morgan fingerprint density at radius 1 is 1.22 bits per heavy atom. The number of nitrogens with zero attached hydrogens (tertiary/aromatic N) is 3. The van der Waals surface area contributed by atoms with Crippen molar-refractivity contribution in [3.05, 3.63) is 48.3 Å². The maximum atomic E-state index is 13.3. The fourth-order valence-corrected chi connectivity index (χ4v) is 4.39. The van der Waals surface area contributed by atoms with Crippen LogP contribution in [0.1, 0.15) is 44.6 Å². The van der Waals surface area contributed by atoms with E-state index < -0.39 is 5.60 Å². The van der Waals surface area contributed by atoms with Gasteiger partial charge in [0.05, 0.1) is 6.17 Å². The lowest BCUT2D eigenvalue weighted by Gasteiger charge is -2.36. The Morgan fingerprint density at radius 3 is 2.48 bits per heavy atom. The summed E-state index contributed by atoms with van der Waals surface area (Å²) in [5, 5.41) is 11.6. The molecule has 1 amide bonds. The van der Waals surface area contributed by atoms with E-state index >= 15 is 0 Å². The van der Waals surface area contributed by atoms with Gasteiger partial charge in [-0.05, 0) is 31.7 Å². The summed E-state index contributed by atoms with van der Waals surface area (Å²) in [6.45, 7) is 3.71. The number of carbonyl (C=O) groups is 1. The summed E-state index contributed by atoms with van der Waals surface area (Å²) in [4.78, 5) is 19.5. The van der Waals surface area contributed by atoms with Crippen LogP contribution in [0.4, 0.5) is 0 Å². The lowest BCUT2D eigenvalue weighted by atomic mass is 9.79. The molecule has 1 aliphatic carbocycles. The summed E-state index contributed by atoms with van der Waals surface area (Å²) >= 11 is 0. The number of benzene rings is 1. The predicted molar refractivity (Wildman–Crippen MR) is 108 cm³/mol. The molecule has 0 spiro atoms. The summed E-state index contributed by atoms with van der Waals surface area (Å²) in [5.74, 6) is -0.159. The molecule has 1 saturated carbocycles. The molecule has 1 N–H and O–H groups in total. The van der Waals surface area contributed by atoms with Gasteiger partial charge < -0.3 is 19.8 Å². The van der Waals surface area contributed by atoms with E-state index in [-0.39, 0.29) is 11.8 Å². The number of aliphatic hydroxyl groups is 1. The maximum Gasteiger partial charge on any atom is 0.259 e. The zero-order chi connectivity index (χ0) is 19.4. The van der Waals surface area contributed by atoms with Crippen LogP contribution >= 0.6 is 0 Å². The minimum atomic E-state index is -1.41. The molecule has 1 fully saturated rings. The van der Waals surface area contributed by atoms with Crippen LogP contribution in [0.5, 0.6) is 0 Å². The lowest BCUT2D eigenvalue weighted by Crippen LogP contribution is -2.50. The van der Waals surface area contributed by atoms with Gasteiger partial charge in [-0.1, -0.05) is 43.2 Å². The SMILES string of the molecule is CC1N(C)C=CN1CCCN(C)C(=O)C(O)(c1ccccc1)C1CCCC1. The second kappa shape index (κ2) is 8.34. The van der Waals surface area contributed by atoms with Crippen LogP contribution in [-0.2, 0) is 10.4 Å². The van der Waals surface area contributed by atoms with Crippen molar-refractivity contribution in [2.24, 2.45) is 5.92 Å². The highest BCUT2D eigenvalue weighted by Gasteiger charge is 2.47. The highest BCUT2D eigenvalue weighted by Crippen LogP contribution is 2.41. The number of carbonyl (C=O) groups excluding carboxylic acids is 1. The molecule has 5 nitrogen and oxygen atoms in total. The molecule has 148 valence electrons. The largest absolute Gasteiger partial charge is 0.375 e. The van der Waals surface area contributed by atoms with E-state index in [2.05, 4.69) is 36.2 Å². The third-order valence-corrected chi connectivity index (χ3v) is 6.31. The van der Waals surface area contributed by atoms with Crippen LogP contribution in [0.15, 0.2) is 42.7 Å². The molecule has 2 unspecified atom stereocenters. The van der Waals surface area contributed by atoms with E-state index in [4.69, 9.17) is 0 Å².